The van der Waals surface area contributed by atoms with Gasteiger partial charge in [0.05, 0.1) is 0 Å². The number of carbonyl (C=O) groups excluding carboxylic acids is 1. The van der Waals surface area contributed by atoms with E-state index in [1.54, 1.807) is 0 Å². The van der Waals surface area contributed by atoms with Gasteiger partial charge in [-0.1, -0.05) is 5.73 Å². The predicted octanol–water partition coefficient (Wildman–Crippen LogP) is 1.08. The highest BCUT2D eigenvalue weighted by molar-refractivity contribution is 5.67. The van der Waals surface area contributed by atoms with Crippen molar-refractivity contribution in [3.8, 4) is 0 Å². The summed E-state index contributed by atoms with van der Waals surface area (Å²) in [5.74, 6) is -1.28. The molecule has 0 radical (unpaired) electrons. The first-order valence-electron chi connectivity index (χ1n) is 3.41. The third kappa shape index (κ3) is 8.46. The van der Waals surface area contributed by atoms with Gasteiger partial charge >= 0.3 is 11.9 Å². The Bertz CT molecular complexity index is 223. The van der Waals surface area contributed by atoms with Crippen LogP contribution in [-0.4, -0.2) is 17.0 Å². The molecule has 0 heterocycles. The molecule has 0 saturated heterocycles. The zero-order valence-electron chi connectivity index (χ0n) is 6.74. The number of esters is 1. The summed E-state index contributed by atoms with van der Waals surface area (Å²) in [6, 6.07) is 0. The van der Waals surface area contributed by atoms with Gasteiger partial charge in [-0.25, -0.2) is 0 Å². The normalized spacial score (nSPS) is 8.08. The second-order valence-corrected chi connectivity index (χ2v) is 2.03. The fourth-order valence-corrected chi connectivity index (χ4v) is 0.444. The van der Waals surface area contributed by atoms with Crippen molar-refractivity contribution in [2.75, 3.05) is 0 Å². The Labute approximate surface area is 70.1 Å². The highest BCUT2D eigenvalue weighted by atomic mass is 16.5. The molecule has 4 heteroatoms. The number of carboxylic acids is 1. The van der Waals surface area contributed by atoms with Crippen molar-refractivity contribution in [1.82, 2.24) is 0 Å². The fraction of sp³-hybridized carbons (Fsp3) is 0.375. The highest BCUT2D eigenvalue weighted by Gasteiger charge is 1.90. The Morgan fingerprint density at radius 2 is 2.25 bits per heavy atom. The molecule has 0 fully saturated rings. The molecule has 0 aromatic carbocycles. The smallest absolute Gasteiger partial charge is 0.308 e. The van der Waals surface area contributed by atoms with Crippen LogP contribution in [0.25, 0.3) is 0 Å². The maximum absolute atomic E-state index is 10.2. The van der Waals surface area contributed by atoms with Crippen molar-refractivity contribution in [2.45, 2.75) is 19.8 Å². The minimum Gasteiger partial charge on any atom is -0.481 e. The van der Waals surface area contributed by atoms with Crippen molar-refractivity contribution in [3.05, 3.63) is 18.1 Å². The van der Waals surface area contributed by atoms with E-state index < -0.39 is 11.9 Å². The van der Waals surface area contributed by atoms with E-state index in [0.29, 0.717) is 6.42 Å². The lowest BCUT2D eigenvalue weighted by molar-refractivity contribution is -0.137. The molecule has 0 atom stereocenters. The minimum atomic E-state index is -0.861. The Morgan fingerprint density at radius 3 is 2.75 bits per heavy atom. The summed E-state index contributed by atoms with van der Waals surface area (Å²) in [6.07, 6.45) is 3.04. The van der Waals surface area contributed by atoms with Crippen molar-refractivity contribution in [2.24, 2.45) is 0 Å². The van der Waals surface area contributed by atoms with Crippen LogP contribution in [0.4, 0.5) is 0 Å². The van der Waals surface area contributed by atoms with E-state index >= 15 is 0 Å². The highest BCUT2D eigenvalue weighted by Crippen LogP contribution is 1.88. The lowest BCUT2D eigenvalue weighted by Gasteiger charge is -1.85. The number of ether oxygens (including phenoxy) is 1. The first-order chi connectivity index (χ1) is 5.63. The summed E-state index contributed by atoms with van der Waals surface area (Å²) in [4.78, 5) is 20.2. The number of hydrogen-bond acceptors (Lipinski definition) is 3. The molecule has 0 aliphatic heterocycles. The van der Waals surface area contributed by atoms with Crippen LogP contribution in [0.3, 0.4) is 0 Å². The number of carboxylic acid groups (broad SMARTS) is 1. The van der Waals surface area contributed by atoms with Gasteiger partial charge in [-0.3, -0.25) is 9.59 Å². The van der Waals surface area contributed by atoms with E-state index in [2.05, 4.69) is 10.5 Å². The molecule has 0 aromatic rings. The van der Waals surface area contributed by atoms with Gasteiger partial charge in [0.25, 0.3) is 0 Å². The van der Waals surface area contributed by atoms with Crippen molar-refractivity contribution >= 4 is 11.9 Å². The van der Waals surface area contributed by atoms with Gasteiger partial charge in [-0.2, -0.15) is 0 Å². The summed E-state index contributed by atoms with van der Waals surface area (Å²) in [6.45, 7) is 1.27. The lowest BCUT2D eigenvalue weighted by atomic mass is 10.3. The molecule has 0 aliphatic rings. The summed E-state index contributed by atoms with van der Waals surface area (Å²) in [5.41, 5.74) is 2.52. The van der Waals surface area contributed by atoms with E-state index in [1.165, 1.54) is 13.0 Å². The van der Waals surface area contributed by atoms with Crippen LogP contribution in [-0.2, 0) is 14.3 Å². The number of allylic oxidation sites excluding steroid dienone is 1. The van der Waals surface area contributed by atoms with E-state index in [-0.39, 0.29) is 6.42 Å². The number of carbonyl (C=O) groups is 2. The summed E-state index contributed by atoms with van der Waals surface area (Å²) in [7, 11) is 0. The number of aliphatic carboxylic acids is 1. The fourth-order valence-electron chi connectivity index (χ4n) is 0.444. The quantitative estimate of drug-likeness (QED) is 0.389. The van der Waals surface area contributed by atoms with Crippen LogP contribution < -0.4 is 0 Å². The molecule has 0 spiro atoms. The van der Waals surface area contributed by atoms with E-state index in [0.717, 1.165) is 6.26 Å². The van der Waals surface area contributed by atoms with Gasteiger partial charge in [0.15, 0.2) is 0 Å². The van der Waals surface area contributed by atoms with Gasteiger partial charge < -0.3 is 9.84 Å². The maximum atomic E-state index is 10.2. The zero-order valence-corrected chi connectivity index (χ0v) is 6.74. The van der Waals surface area contributed by atoms with Crippen molar-refractivity contribution in [1.29, 1.82) is 0 Å². The molecule has 0 aliphatic carbocycles. The topological polar surface area (TPSA) is 63.6 Å². The molecular formula is C8H10O4. The Kier molecular flexibility index (Phi) is 5.39. The lowest BCUT2D eigenvalue weighted by Crippen LogP contribution is -1.91. The van der Waals surface area contributed by atoms with Crippen LogP contribution >= 0.6 is 0 Å². The van der Waals surface area contributed by atoms with E-state index in [1.807, 2.05) is 0 Å². The maximum Gasteiger partial charge on any atom is 0.308 e. The molecule has 0 aromatic heterocycles. The second-order valence-electron chi connectivity index (χ2n) is 2.03. The van der Waals surface area contributed by atoms with Crippen LogP contribution in [0, 0.1) is 0 Å². The Hall–Kier alpha value is -1.54. The SMILES string of the molecule is CC(=O)OC=C=CCCC(=O)O. The predicted molar refractivity (Wildman–Crippen MR) is 41.3 cm³/mol. The molecule has 0 amide bonds. The largest absolute Gasteiger partial charge is 0.481 e. The molecule has 12 heavy (non-hydrogen) atoms. The van der Waals surface area contributed by atoms with Crippen LogP contribution in [0.1, 0.15) is 19.8 Å². The third-order valence-electron chi connectivity index (χ3n) is 0.913. The van der Waals surface area contributed by atoms with E-state index in [4.69, 9.17) is 5.11 Å². The average Bonchev–Trinajstić information content (AvgIpc) is 1.95. The summed E-state index contributed by atoms with van der Waals surface area (Å²) >= 11 is 0. The van der Waals surface area contributed by atoms with Gasteiger partial charge in [-0.05, 0) is 12.5 Å². The zero-order chi connectivity index (χ0) is 9.40. The van der Waals surface area contributed by atoms with Crippen molar-refractivity contribution in [3.63, 3.8) is 0 Å². The van der Waals surface area contributed by atoms with Crippen LogP contribution in [0.5, 0.6) is 0 Å². The summed E-state index contributed by atoms with van der Waals surface area (Å²) in [5, 5.41) is 8.21. The molecule has 66 valence electrons. The van der Waals surface area contributed by atoms with Gasteiger partial charge in [0.1, 0.15) is 6.26 Å². The molecule has 0 unspecified atom stereocenters. The molecule has 0 saturated carbocycles. The first kappa shape index (κ1) is 10.5. The second kappa shape index (κ2) is 6.19. The monoisotopic (exact) mass is 170 g/mol. The number of rotatable bonds is 4. The minimum absolute atomic E-state index is 0.0565. The molecule has 1 N–H and O–H groups in total. The number of hydrogen-bond donors (Lipinski definition) is 1. The van der Waals surface area contributed by atoms with Crippen LogP contribution in [0.15, 0.2) is 18.1 Å². The third-order valence-corrected chi connectivity index (χ3v) is 0.913. The molecule has 4 nitrogen and oxygen atoms in total. The van der Waals surface area contributed by atoms with Gasteiger partial charge in [-0.15, -0.1) is 0 Å². The Balaban J connectivity index is 3.54. The summed E-state index contributed by atoms with van der Waals surface area (Å²) < 4.78 is 4.40. The molecule has 0 rings (SSSR count). The molecule has 0 bridgehead atoms. The average molecular weight is 170 g/mol. The van der Waals surface area contributed by atoms with E-state index in [9.17, 15) is 9.59 Å². The van der Waals surface area contributed by atoms with Crippen molar-refractivity contribution < 1.29 is 19.4 Å². The standard InChI is InChI=1S/C8H10O4/c1-7(9)12-6-4-2-3-5-8(10)11/h2,6H,3,5H2,1H3,(H,10,11). The van der Waals surface area contributed by atoms with Gasteiger partial charge in [0, 0.05) is 13.3 Å². The Morgan fingerprint density at radius 1 is 1.58 bits per heavy atom. The first-order valence-corrected chi connectivity index (χ1v) is 3.41. The van der Waals surface area contributed by atoms with Crippen LogP contribution in [0.2, 0.25) is 0 Å². The van der Waals surface area contributed by atoms with Gasteiger partial charge in [0.2, 0.25) is 0 Å². The molecular weight excluding hydrogens is 160 g/mol.